The third-order valence-corrected chi connectivity index (χ3v) is 3.45. The van der Waals surface area contributed by atoms with E-state index < -0.39 is 11.0 Å². The number of rotatable bonds is 7. The summed E-state index contributed by atoms with van der Waals surface area (Å²) in [6, 6.07) is 12.7. The zero-order valence-corrected chi connectivity index (χ0v) is 13.1. The van der Waals surface area contributed by atoms with Gasteiger partial charge < -0.3 is 5.32 Å². The lowest BCUT2D eigenvalue weighted by Gasteiger charge is -2.17. The smallest absolute Gasteiger partial charge is 0.305 e. The Morgan fingerprint density at radius 2 is 2.04 bits per heavy atom. The summed E-state index contributed by atoms with van der Waals surface area (Å²) < 4.78 is 0. The van der Waals surface area contributed by atoms with Crippen LogP contribution >= 0.6 is 0 Å². The zero-order valence-electron chi connectivity index (χ0n) is 13.1. The van der Waals surface area contributed by atoms with Gasteiger partial charge in [-0.3, -0.25) is 14.9 Å². The highest BCUT2D eigenvalue weighted by atomic mass is 16.6. The molecule has 1 aromatic carbocycles. The van der Waals surface area contributed by atoms with Crippen LogP contribution in [0.3, 0.4) is 0 Å². The maximum atomic E-state index is 12.6. The van der Waals surface area contributed by atoms with Crippen LogP contribution < -0.4 is 5.32 Å². The van der Waals surface area contributed by atoms with Crippen LogP contribution in [0, 0.1) is 21.4 Å². The summed E-state index contributed by atoms with van der Waals surface area (Å²) in [5, 5.41) is 22.8. The van der Waals surface area contributed by atoms with Gasteiger partial charge in [-0.25, -0.2) is 4.98 Å². The minimum atomic E-state index is -0.659. The van der Waals surface area contributed by atoms with Crippen LogP contribution in [-0.4, -0.2) is 21.7 Å². The fourth-order valence-corrected chi connectivity index (χ4v) is 2.30. The molecule has 0 bridgehead atoms. The van der Waals surface area contributed by atoms with E-state index in [2.05, 4.69) is 10.3 Å². The van der Waals surface area contributed by atoms with Crippen LogP contribution in [0.4, 0.5) is 11.5 Å². The first-order chi connectivity index (χ1) is 11.6. The molecule has 0 saturated heterocycles. The summed E-state index contributed by atoms with van der Waals surface area (Å²) in [4.78, 5) is 26.7. The van der Waals surface area contributed by atoms with Crippen molar-refractivity contribution in [3.8, 4) is 6.07 Å². The summed E-state index contributed by atoms with van der Waals surface area (Å²) in [6.07, 6.45) is 1.35. The van der Waals surface area contributed by atoms with Crippen molar-refractivity contribution in [2.75, 3.05) is 5.32 Å². The molecule has 2 rings (SSSR count). The third kappa shape index (κ3) is 3.93. The van der Waals surface area contributed by atoms with Crippen molar-refractivity contribution in [3.05, 3.63) is 63.8 Å². The topological polar surface area (TPSA) is 109 Å². The van der Waals surface area contributed by atoms with Gasteiger partial charge in [0, 0.05) is 11.6 Å². The second-order valence-electron chi connectivity index (χ2n) is 5.15. The Bertz CT molecular complexity index is 784. The zero-order chi connectivity index (χ0) is 17.5. The van der Waals surface area contributed by atoms with Gasteiger partial charge in [0.05, 0.1) is 11.0 Å². The highest BCUT2D eigenvalue weighted by Crippen LogP contribution is 2.20. The minimum Gasteiger partial charge on any atom is -0.360 e. The predicted octanol–water partition coefficient (Wildman–Crippen LogP) is 3.32. The summed E-state index contributed by atoms with van der Waals surface area (Å²) >= 11 is 0. The number of carbonyl (C=O) groups excluding carboxylic acids is 1. The summed E-state index contributed by atoms with van der Waals surface area (Å²) in [7, 11) is 0. The number of anilines is 1. The highest BCUT2D eigenvalue weighted by Gasteiger charge is 2.21. The van der Waals surface area contributed by atoms with Crippen molar-refractivity contribution in [2.45, 2.75) is 25.8 Å². The van der Waals surface area contributed by atoms with Gasteiger partial charge in [-0.1, -0.05) is 43.7 Å². The lowest BCUT2D eigenvalue weighted by atomic mass is 10.0. The third-order valence-electron chi connectivity index (χ3n) is 3.45. The molecule has 1 N–H and O–H groups in total. The number of pyridine rings is 1. The number of benzene rings is 1. The van der Waals surface area contributed by atoms with Crippen molar-refractivity contribution in [1.29, 1.82) is 5.26 Å². The molecule has 0 aliphatic rings. The number of nitrogens with one attached hydrogen (secondary N) is 1. The Morgan fingerprint density at radius 1 is 1.33 bits per heavy atom. The lowest BCUT2D eigenvalue weighted by Crippen LogP contribution is -2.30. The molecule has 1 heterocycles. The number of nitrogens with zero attached hydrogens (tertiary/aromatic N) is 3. The van der Waals surface area contributed by atoms with Gasteiger partial charge >= 0.3 is 5.69 Å². The number of aromatic nitrogens is 1. The van der Waals surface area contributed by atoms with E-state index in [1.165, 1.54) is 12.1 Å². The summed E-state index contributed by atoms with van der Waals surface area (Å²) in [5.41, 5.74) is -0.0669. The van der Waals surface area contributed by atoms with Crippen LogP contribution in [0.2, 0.25) is 0 Å². The number of carbonyl (C=O) groups is 1. The SMILES string of the molecule is CCCC(Nc1ccc([N+](=O)[O-])c(C#N)n1)C(=O)c1ccccc1. The van der Waals surface area contributed by atoms with Crippen LogP contribution in [-0.2, 0) is 0 Å². The van der Waals surface area contributed by atoms with Gasteiger partial charge in [-0.15, -0.1) is 0 Å². The first-order valence-corrected chi connectivity index (χ1v) is 7.48. The van der Waals surface area contributed by atoms with Gasteiger partial charge in [-0.05, 0) is 12.5 Å². The Morgan fingerprint density at radius 3 is 2.62 bits per heavy atom. The minimum absolute atomic E-state index is 0.0869. The van der Waals surface area contributed by atoms with Crippen molar-refractivity contribution in [3.63, 3.8) is 0 Å². The first kappa shape index (κ1) is 17.1. The molecule has 0 spiro atoms. The molecule has 0 saturated carbocycles. The molecule has 1 atom stereocenters. The molecule has 7 nitrogen and oxygen atoms in total. The van der Waals surface area contributed by atoms with Gasteiger partial charge in [0.2, 0.25) is 5.69 Å². The van der Waals surface area contributed by atoms with E-state index in [1.807, 2.05) is 13.0 Å². The van der Waals surface area contributed by atoms with E-state index >= 15 is 0 Å². The van der Waals surface area contributed by atoms with Crippen LogP contribution in [0.25, 0.3) is 0 Å². The number of hydrogen-bond acceptors (Lipinski definition) is 6. The largest absolute Gasteiger partial charge is 0.360 e. The number of nitriles is 1. The number of hydrogen-bond donors (Lipinski definition) is 1. The summed E-state index contributed by atoms with van der Waals surface area (Å²) in [5.74, 6) is 0.177. The average molecular weight is 324 g/mol. The van der Waals surface area contributed by atoms with Crippen molar-refractivity contribution in [2.24, 2.45) is 0 Å². The molecule has 1 aromatic heterocycles. The van der Waals surface area contributed by atoms with Crippen LogP contribution in [0.1, 0.15) is 35.8 Å². The second-order valence-corrected chi connectivity index (χ2v) is 5.15. The Balaban J connectivity index is 2.27. The quantitative estimate of drug-likeness (QED) is 0.475. The van der Waals surface area contributed by atoms with Gasteiger partial charge in [0.25, 0.3) is 0 Å². The number of nitro groups is 1. The van der Waals surface area contributed by atoms with E-state index in [-0.39, 0.29) is 23.0 Å². The first-order valence-electron chi connectivity index (χ1n) is 7.48. The van der Waals surface area contributed by atoms with Crippen LogP contribution in [0.15, 0.2) is 42.5 Å². The fourth-order valence-electron chi connectivity index (χ4n) is 2.30. The monoisotopic (exact) mass is 324 g/mol. The molecule has 0 amide bonds. The maximum Gasteiger partial charge on any atom is 0.305 e. The van der Waals surface area contributed by atoms with Gasteiger partial charge in [0.1, 0.15) is 11.9 Å². The van der Waals surface area contributed by atoms with Crippen molar-refractivity contribution in [1.82, 2.24) is 4.98 Å². The average Bonchev–Trinajstić information content (AvgIpc) is 2.61. The fraction of sp³-hybridized carbons (Fsp3) is 0.235. The molecular formula is C17H16N4O3. The predicted molar refractivity (Wildman–Crippen MR) is 88.7 cm³/mol. The molecule has 0 radical (unpaired) electrons. The Kier molecular flexibility index (Phi) is 5.58. The molecule has 24 heavy (non-hydrogen) atoms. The maximum absolute atomic E-state index is 12.6. The number of Topliss-reactive ketones (excluding diaryl/α,β-unsaturated/α-hetero) is 1. The second kappa shape index (κ2) is 7.83. The molecule has 2 aromatic rings. The molecule has 122 valence electrons. The molecule has 0 fully saturated rings. The standard InChI is InChI=1S/C17H16N4O3/c1-2-6-13(17(22)12-7-4-3-5-8-12)19-16-10-9-15(21(23)24)14(11-18)20-16/h3-5,7-10,13H,2,6H2,1H3,(H,19,20). The molecule has 1 unspecified atom stereocenters. The van der Waals surface area contributed by atoms with E-state index in [1.54, 1.807) is 30.3 Å². The summed E-state index contributed by atoms with van der Waals surface area (Å²) in [6.45, 7) is 1.96. The van der Waals surface area contributed by atoms with Gasteiger partial charge in [0.15, 0.2) is 5.78 Å². The molecule has 0 aliphatic carbocycles. The van der Waals surface area contributed by atoms with Gasteiger partial charge in [-0.2, -0.15) is 5.26 Å². The Hall–Kier alpha value is -3.27. The molecular weight excluding hydrogens is 308 g/mol. The molecule has 0 aliphatic heterocycles. The van der Waals surface area contributed by atoms with E-state index in [9.17, 15) is 14.9 Å². The van der Waals surface area contributed by atoms with Crippen molar-refractivity contribution >= 4 is 17.3 Å². The Labute approximate surface area is 139 Å². The van der Waals surface area contributed by atoms with E-state index in [0.717, 1.165) is 6.42 Å². The van der Waals surface area contributed by atoms with E-state index in [0.29, 0.717) is 12.0 Å². The molecule has 7 heteroatoms. The highest BCUT2D eigenvalue weighted by molar-refractivity contribution is 6.01. The normalized spacial score (nSPS) is 11.3. The lowest BCUT2D eigenvalue weighted by molar-refractivity contribution is -0.385. The van der Waals surface area contributed by atoms with E-state index in [4.69, 9.17) is 5.26 Å². The van der Waals surface area contributed by atoms with Crippen molar-refractivity contribution < 1.29 is 9.72 Å². The number of ketones is 1. The van der Waals surface area contributed by atoms with Crippen LogP contribution in [0.5, 0.6) is 0 Å².